The average Bonchev–Trinajstić information content (AvgIpc) is 3.18. The molecule has 3 nitrogen and oxygen atoms in total. The first-order chi connectivity index (χ1) is 8.29. The number of nitrogens with zero attached hydrogens (tertiary/aromatic N) is 1. The second-order valence-electron chi connectivity index (χ2n) is 4.74. The Morgan fingerprint density at radius 2 is 2.18 bits per heavy atom. The third kappa shape index (κ3) is 1.58. The third-order valence-corrected chi connectivity index (χ3v) is 3.78. The number of hydrogen-bond donors (Lipinski definition) is 1. The van der Waals surface area contributed by atoms with Crippen molar-refractivity contribution < 1.29 is 4.74 Å². The van der Waals surface area contributed by atoms with E-state index in [9.17, 15) is 0 Å². The number of aromatic nitrogens is 1. The summed E-state index contributed by atoms with van der Waals surface area (Å²) in [7, 11) is 1.66. The molecule has 3 rings (SSSR count). The summed E-state index contributed by atoms with van der Waals surface area (Å²) in [6.07, 6.45) is 4.16. The van der Waals surface area contributed by atoms with Gasteiger partial charge in [-0.1, -0.05) is 12.1 Å². The average molecular weight is 228 g/mol. The van der Waals surface area contributed by atoms with Crippen molar-refractivity contribution in [2.45, 2.75) is 18.3 Å². The molecule has 1 fully saturated rings. The van der Waals surface area contributed by atoms with Gasteiger partial charge in [0.25, 0.3) is 0 Å². The minimum Gasteiger partial charge on any atom is -0.481 e. The lowest BCUT2D eigenvalue weighted by Gasteiger charge is -2.14. The maximum atomic E-state index is 5.87. The second kappa shape index (κ2) is 3.70. The summed E-state index contributed by atoms with van der Waals surface area (Å²) >= 11 is 0. The highest BCUT2D eigenvalue weighted by molar-refractivity contribution is 5.87. The van der Waals surface area contributed by atoms with Crippen LogP contribution in [0.25, 0.3) is 10.8 Å². The van der Waals surface area contributed by atoms with Crippen molar-refractivity contribution in [2.24, 2.45) is 5.73 Å². The summed E-state index contributed by atoms with van der Waals surface area (Å²) in [6.45, 7) is 0.723. The van der Waals surface area contributed by atoms with Crippen LogP contribution in [0.5, 0.6) is 5.88 Å². The number of fused-ring (bicyclic) bond motifs is 1. The molecule has 0 unspecified atom stereocenters. The summed E-state index contributed by atoms with van der Waals surface area (Å²) < 4.78 is 5.31. The second-order valence-corrected chi connectivity index (χ2v) is 4.74. The first kappa shape index (κ1) is 10.5. The van der Waals surface area contributed by atoms with E-state index >= 15 is 0 Å². The molecule has 1 aliphatic carbocycles. The number of hydrogen-bond acceptors (Lipinski definition) is 3. The van der Waals surface area contributed by atoms with Crippen molar-refractivity contribution in [3.8, 4) is 5.88 Å². The minimum absolute atomic E-state index is 0.217. The molecule has 0 saturated heterocycles. The van der Waals surface area contributed by atoms with Crippen LogP contribution in [0.15, 0.2) is 30.5 Å². The number of methoxy groups -OCH3 is 1. The van der Waals surface area contributed by atoms with Crippen LogP contribution in [0.2, 0.25) is 0 Å². The van der Waals surface area contributed by atoms with Gasteiger partial charge in [0.15, 0.2) is 0 Å². The topological polar surface area (TPSA) is 48.1 Å². The van der Waals surface area contributed by atoms with Crippen LogP contribution in [-0.4, -0.2) is 18.6 Å². The van der Waals surface area contributed by atoms with Crippen LogP contribution < -0.4 is 10.5 Å². The standard InChI is InChI=1S/C14H16N2O/c1-17-13-12-8-11(14(9-15)5-6-14)3-2-10(12)4-7-16-13/h2-4,7-8H,5-6,9,15H2,1H3. The third-order valence-electron chi connectivity index (χ3n) is 3.78. The zero-order chi connectivity index (χ0) is 11.9. The normalized spacial score (nSPS) is 17.1. The summed E-state index contributed by atoms with van der Waals surface area (Å²) in [5.74, 6) is 0.692. The lowest BCUT2D eigenvalue weighted by Crippen LogP contribution is -2.19. The van der Waals surface area contributed by atoms with Gasteiger partial charge in [-0.25, -0.2) is 4.98 Å². The molecule has 0 bridgehead atoms. The van der Waals surface area contributed by atoms with E-state index < -0.39 is 0 Å². The van der Waals surface area contributed by atoms with Crippen LogP contribution in [0.1, 0.15) is 18.4 Å². The Bertz CT molecular complexity index is 561. The van der Waals surface area contributed by atoms with E-state index in [-0.39, 0.29) is 5.41 Å². The van der Waals surface area contributed by atoms with Crippen molar-refractivity contribution >= 4 is 10.8 Å². The summed E-state index contributed by atoms with van der Waals surface area (Å²) in [4.78, 5) is 4.24. The predicted molar refractivity (Wildman–Crippen MR) is 68.3 cm³/mol. The summed E-state index contributed by atoms with van der Waals surface area (Å²) in [5.41, 5.74) is 7.40. The predicted octanol–water partition coefficient (Wildman–Crippen LogP) is 2.23. The smallest absolute Gasteiger partial charge is 0.221 e. The maximum absolute atomic E-state index is 5.87. The van der Waals surface area contributed by atoms with Crippen molar-refractivity contribution in [1.82, 2.24) is 4.98 Å². The molecule has 1 aliphatic rings. The van der Waals surface area contributed by atoms with Gasteiger partial charge in [-0.3, -0.25) is 0 Å². The molecule has 1 aromatic carbocycles. The molecule has 1 aromatic heterocycles. The largest absolute Gasteiger partial charge is 0.481 e. The first-order valence-electron chi connectivity index (χ1n) is 5.92. The van der Waals surface area contributed by atoms with Gasteiger partial charge in [-0.2, -0.15) is 0 Å². The van der Waals surface area contributed by atoms with E-state index in [0.29, 0.717) is 5.88 Å². The lowest BCUT2D eigenvalue weighted by molar-refractivity contribution is 0.403. The molecule has 0 spiro atoms. The van der Waals surface area contributed by atoms with Gasteiger partial charge in [0.05, 0.1) is 7.11 Å². The maximum Gasteiger partial charge on any atom is 0.221 e. The Kier molecular flexibility index (Phi) is 2.30. The van der Waals surface area contributed by atoms with E-state index in [2.05, 4.69) is 23.2 Å². The van der Waals surface area contributed by atoms with Crippen molar-refractivity contribution in [3.63, 3.8) is 0 Å². The number of rotatable bonds is 3. The minimum atomic E-state index is 0.217. The fourth-order valence-electron chi connectivity index (χ4n) is 2.40. The van der Waals surface area contributed by atoms with Crippen molar-refractivity contribution in [2.75, 3.05) is 13.7 Å². The van der Waals surface area contributed by atoms with E-state index in [1.807, 2.05) is 6.07 Å². The highest BCUT2D eigenvalue weighted by Gasteiger charge is 2.42. The molecule has 1 heterocycles. The molecule has 88 valence electrons. The zero-order valence-corrected chi connectivity index (χ0v) is 9.94. The molecular formula is C14H16N2O. The molecule has 2 N–H and O–H groups in total. The monoisotopic (exact) mass is 228 g/mol. The molecule has 0 amide bonds. The van der Waals surface area contributed by atoms with Crippen LogP contribution in [0, 0.1) is 0 Å². The van der Waals surface area contributed by atoms with Crippen molar-refractivity contribution in [1.29, 1.82) is 0 Å². The van der Waals surface area contributed by atoms with Gasteiger partial charge >= 0.3 is 0 Å². The fraction of sp³-hybridized carbons (Fsp3) is 0.357. The first-order valence-corrected chi connectivity index (χ1v) is 5.92. The Morgan fingerprint density at radius 1 is 1.35 bits per heavy atom. The van der Waals surface area contributed by atoms with Gasteiger partial charge < -0.3 is 10.5 Å². The molecule has 0 atom stereocenters. The van der Waals surface area contributed by atoms with Crippen LogP contribution in [0.4, 0.5) is 0 Å². The zero-order valence-electron chi connectivity index (χ0n) is 9.94. The van der Waals surface area contributed by atoms with Crippen LogP contribution in [-0.2, 0) is 5.41 Å². The molecule has 17 heavy (non-hydrogen) atoms. The highest BCUT2D eigenvalue weighted by atomic mass is 16.5. The number of pyridine rings is 1. The van der Waals surface area contributed by atoms with Gasteiger partial charge in [-0.15, -0.1) is 0 Å². The summed E-state index contributed by atoms with van der Waals surface area (Å²) in [6, 6.07) is 8.50. The Balaban J connectivity index is 2.18. The fourth-order valence-corrected chi connectivity index (χ4v) is 2.40. The highest BCUT2D eigenvalue weighted by Crippen LogP contribution is 2.48. The summed E-state index contributed by atoms with van der Waals surface area (Å²) in [5, 5.41) is 2.24. The Hall–Kier alpha value is -1.61. The van der Waals surface area contributed by atoms with E-state index in [1.54, 1.807) is 13.3 Å². The molecule has 0 aliphatic heterocycles. The van der Waals surface area contributed by atoms with Gasteiger partial charge in [0.2, 0.25) is 5.88 Å². The molecular weight excluding hydrogens is 212 g/mol. The molecule has 0 radical (unpaired) electrons. The van der Waals surface area contributed by atoms with E-state index in [4.69, 9.17) is 10.5 Å². The lowest BCUT2D eigenvalue weighted by atomic mass is 9.94. The van der Waals surface area contributed by atoms with E-state index in [0.717, 1.165) is 17.3 Å². The van der Waals surface area contributed by atoms with E-state index in [1.165, 1.54) is 18.4 Å². The SMILES string of the molecule is COc1nccc2ccc(C3(CN)CC3)cc12. The van der Waals surface area contributed by atoms with Crippen LogP contribution >= 0.6 is 0 Å². The number of nitrogens with two attached hydrogens (primary N) is 1. The molecule has 2 aromatic rings. The van der Waals surface area contributed by atoms with Crippen molar-refractivity contribution in [3.05, 3.63) is 36.0 Å². The van der Waals surface area contributed by atoms with Gasteiger partial charge in [-0.05, 0) is 35.9 Å². The number of ether oxygens (including phenoxy) is 1. The quantitative estimate of drug-likeness (QED) is 0.876. The Labute approximate surface area is 101 Å². The number of benzene rings is 1. The van der Waals surface area contributed by atoms with Gasteiger partial charge in [0, 0.05) is 23.5 Å². The van der Waals surface area contributed by atoms with Gasteiger partial charge in [0.1, 0.15) is 0 Å². The van der Waals surface area contributed by atoms with Crippen LogP contribution in [0.3, 0.4) is 0 Å². The Morgan fingerprint density at radius 3 is 2.82 bits per heavy atom. The molecule has 1 saturated carbocycles. The molecule has 3 heteroatoms.